The van der Waals surface area contributed by atoms with Crippen LogP contribution in [-0.4, -0.2) is 21.4 Å². The maximum Gasteiger partial charge on any atom is 0.248 e. The predicted molar refractivity (Wildman–Crippen MR) is 105 cm³/mol. The van der Waals surface area contributed by atoms with Gasteiger partial charge >= 0.3 is 0 Å². The zero-order chi connectivity index (χ0) is 17.8. The molecule has 1 aliphatic heterocycles. The van der Waals surface area contributed by atoms with Crippen LogP contribution in [0.5, 0.6) is 0 Å². The lowest BCUT2D eigenvalue weighted by molar-refractivity contribution is -0.115. The summed E-state index contributed by atoms with van der Waals surface area (Å²) in [6, 6.07) is 14.5. The lowest BCUT2D eigenvalue weighted by atomic mass is 10.2. The van der Waals surface area contributed by atoms with Crippen molar-refractivity contribution in [2.45, 2.75) is 17.9 Å². The van der Waals surface area contributed by atoms with Gasteiger partial charge in [0, 0.05) is 17.0 Å². The van der Waals surface area contributed by atoms with Crippen molar-refractivity contribution in [3.8, 4) is 0 Å². The second-order valence-corrected chi connectivity index (χ2v) is 8.04. The summed E-state index contributed by atoms with van der Waals surface area (Å²) in [7, 11) is 0. The highest BCUT2D eigenvalue weighted by atomic mass is 32.2. The van der Waals surface area contributed by atoms with Crippen molar-refractivity contribution in [1.29, 1.82) is 0 Å². The van der Waals surface area contributed by atoms with E-state index in [0.29, 0.717) is 11.3 Å². The molecule has 1 aliphatic rings. The van der Waals surface area contributed by atoms with Gasteiger partial charge in [0.25, 0.3) is 0 Å². The number of carbonyl (C=O) groups excluding carboxylic acids is 2. The molecular formula is C18H17N3O2S2. The second-order valence-electron chi connectivity index (χ2n) is 5.49. The van der Waals surface area contributed by atoms with Crippen molar-refractivity contribution < 1.29 is 9.59 Å². The topological polar surface area (TPSA) is 84.6 Å². The fraction of sp³-hybridized carbons (Fsp3) is 0.167. The standard InChI is InChI=1S/C18H17N3O2S2/c1-11(17(23)20-14-8-6-12(7-9-14)16(19)22)25-18-21-15-5-3-2-4-13(15)10-24-18/h2-9,11H,10H2,1H3,(H2,19,22)(H,20,23)/t11-/m0/s1. The van der Waals surface area contributed by atoms with Crippen LogP contribution in [0.1, 0.15) is 22.8 Å². The summed E-state index contributed by atoms with van der Waals surface area (Å²) in [5.74, 6) is 0.263. The van der Waals surface area contributed by atoms with Crippen LogP contribution in [0.15, 0.2) is 53.5 Å². The van der Waals surface area contributed by atoms with Crippen LogP contribution in [-0.2, 0) is 10.5 Å². The molecule has 2 amide bonds. The molecule has 0 saturated heterocycles. The number of aliphatic imine (C=N–C) groups is 1. The number of thioether (sulfide) groups is 2. The van der Waals surface area contributed by atoms with Gasteiger partial charge in [-0.25, -0.2) is 4.99 Å². The molecule has 0 unspecified atom stereocenters. The van der Waals surface area contributed by atoms with Gasteiger partial charge in [0.15, 0.2) is 0 Å². The Bertz CT molecular complexity index is 834. The van der Waals surface area contributed by atoms with Crippen molar-refractivity contribution in [2.24, 2.45) is 10.7 Å². The number of hydrogen-bond acceptors (Lipinski definition) is 5. The Kier molecular flexibility index (Phi) is 5.45. The van der Waals surface area contributed by atoms with E-state index in [2.05, 4.69) is 16.4 Å². The number of nitrogens with two attached hydrogens (primary N) is 1. The highest BCUT2D eigenvalue weighted by Gasteiger charge is 2.20. The molecule has 0 bridgehead atoms. The van der Waals surface area contributed by atoms with Gasteiger partial charge in [0.2, 0.25) is 11.8 Å². The molecule has 3 rings (SSSR count). The van der Waals surface area contributed by atoms with E-state index in [9.17, 15) is 9.59 Å². The van der Waals surface area contributed by atoms with E-state index in [1.165, 1.54) is 17.3 Å². The number of primary amides is 1. The monoisotopic (exact) mass is 371 g/mol. The predicted octanol–water partition coefficient (Wildman–Crippen LogP) is 3.78. The second kappa shape index (κ2) is 7.76. The number of benzene rings is 2. The average molecular weight is 371 g/mol. The summed E-state index contributed by atoms with van der Waals surface area (Å²) in [5.41, 5.74) is 8.43. The van der Waals surface area contributed by atoms with E-state index in [0.717, 1.165) is 15.8 Å². The lowest BCUT2D eigenvalue weighted by Gasteiger charge is -2.17. The lowest BCUT2D eigenvalue weighted by Crippen LogP contribution is -2.23. The largest absolute Gasteiger partial charge is 0.366 e. The van der Waals surface area contributed by atoms with E-state index in [4.69, 9.17) is 5.73 Å². The van der Waals surface area contributed by atoms with Crippen LogP contribution in [0.25, 0.3) is 0 Å². The first-order valence-electron chi connectivity index (χ1n) is 7.70. The quantitative estimate of drug-likeness (QED) is 0.856. The molecule has 128 valence electrons. The maximum atomic E-state index is 12.4. The first kappa shape index (κ1) is 17.6. The van der Waals surface area contributed by atoms with Crippen molar-refractivity contribution in [2.75, 3.05) is 5.32 Å². The SMILES string of the molecule is C[C@H](SC1=Nc2ccccc2CS1)C(=O)Nc1ccc(C(N)=O)cc1. The van der Waals surface area contributed by atoms with E-state index >= 15 is 0 Å². The first-order valence-corrected chi connectivity index (χ1v) is 9.56. The van der Waals surface area contributed by atoms with E-state index in [1.807, 2.05) is 25.1 Å². The minimum atomic E-state index is -0.491. The van der Waals surface area contributed by atoms with Crippen molar-refractivity contribution in [3.63, 3.8) is 0 Å². The summed E-state index contributed by atoms with van der Waals surface area (Å²) in [5, 5.41) is 2.56. The smallest absolute Gasteiger partial charge is 0.248 e. The zero-order valence-corrected chi connectivity index (χ0v) is 15.2. The van der Waals surface area contributed by atoms with Gasteiger partial charge in [0.1, 0.15) is 4.38 Å². The Morgan fingerprint density at radius 3 is 2.64 bits per heavy atom. The minimum absolute atomic E-state index is 0.112. The molecule has 0 aromatic heterocycles. The summed E-state index contributed by atoms with van der Waals surface area (Å²) in [6.45, 7) is 1.85. The minimum Gasteiger partial charge on any atom is -0.366 e. The van der Waals surface area contributed by atoms with Crippen LogP contribution in [0.3, 0.4) is 0 Å². The number of para-hydroxylation sites is 1. The summed E-state index contributed by atoms with van der Waals surface area (Å²) >= 11 is 3.09. The third-order valence-electron chi connectivity index (χ3n) is 3.64. The molecule has 2 aromatic rings. The van der Waals surface area contributed by atoms with Crippen LogP contribution < -0.4 is 11.1 Å². The Balaban J connectivity index is 1.61. The Labute approximate surface area is 154 Å². The number of nitrogens with zero attached hydrogens (tertiary/aromatic N) is 1. The number of fused-ring (bicyclic) bond motifs is 1. The summed E-state index contributed by atoms with van der Waals surface area (Å²) in [4.78, 5) is 28.0. The van der Waals surface area contributed by atoms with Crippen molar-refractivity contribution in [3.05, 3.63) is 59.7 Å². The normalized spacial score (nSPS) is 14.2. The molecule has 3 N–H and O–H groups in total. The first-order chi connectivity index (χ1) is 12.0. The van der Waals surface area contributed by atoms with Crippen LogP contribution in [0, 0.1) is 0 Å². The third kappa shape index (κ3) is 4.43. The Hall–Kier alpha value is -2.25. The highest BCUT2D eigenvalue weighted by Crippen LogP contribution is 2.35. The molecule has 0 radical (unpaired) electrons. The van der Waals surface area contributed by atoms with Gasteiger partial charge in [-0.05, 0) is 42.8 Å². The van der Waals surface area contributed by atoms with Gasteiger partial charge in [-0.2, -0.15) is 0 Å². The van der Waals surface area contributed by atoms with Crippen LogP contribution in [0.2, 0.25) is 0 Å². The molecule has 0 saturated carbocycles. The number of amides is 2. The molecule has 25 heavy (non-hydrogen) atoms. The van der Waals surface area contributed by atoms with Crippen LogP contribution in [0.4, 0.5) is 11.4 Å². The van der Waals surface area contributed by atoms with Gasteiger partial charge in [-0.15, -0.1) is 0 Å². The molecular weight excluding hydrogens is 354 g/mol. The Morgan fingerprint density at radius 2 is 1.92 bits per heavy atom. The molecule has 1 atom stereocenters. The number of rotatable bonds is 4. The zero-order valence-electron chi connectivity index (χ0n) is 13.6. The molecule has 1 heterocycles. The van der Waals surface area contributed by atoms with Crippen molar-refractivity contribution >= 4 is 51.1 Å². The molecule has 0 fully saturated rings. The molecule has 0 aliphatic carbocycles. The molecule has 2 aromatic carbocycles. The van der Waals surface area contributed by atoms with E-state index in [1.54, 1.807) is 36.0 Å². The molecule has 0 spiro atoms. The number of hydrogen-bond donors (Lipinski definition) is 2. The highest BCUT2D eigenvalue weighted by molar-refractivity contribution is 8.39. The summed E-state index contributed by atoms with van der Waals surface area (Å²) in [6.07, 6.45) is 0. The Morgan fingerprint density at radius 1 is 1.20 bits per heavy atom. The summed E-state index contributed by atoms with van der Waals surface area (Å²) < 4.78 is 0.894. The van der Waals surface area contributed by atoms with Crippen LogP contribution >= 0.6 is 23.5 Å². The average Bonchev–Trinajstić information content (AvgIpc) is 2.62. The molecule has 7 heteroatoms. The van der Waals surface area contributed by atoms with Gasteiger partial charge in [-0.3, -0.25) is 9.59 Å². The third-order valence-corrected chi connectivity index (χ3v) is 5.93. The fourth-order valence-corrected chi connectivity index (χ4v) is 4.43. The van der Waals surface area contributed by atoms with Gasteiger partial charge in [-0.1, -0.05) is 41.7 Å². The number of carbonyl (C=O) groups is 2. The van der Waals surface area contributed by atoms with Gasteiger partial charge in [0.05, 0.1) is 10.9 Å². The van der Waals surface area contributed by atoms with Gasteiger partial charge < -0.3 is 11.1 Å². The van der Waals surface area contributed by atoms with Crippen molar-refractivity contribution in [1.82, 2.24) is 0 Å². The number of anilines is 1. The number of nitrogens with one attached hydrogen (secondary N) is 1. The van der Waals surface area contributed by atoms with E-state index < -0.39 is 5.91 Å². The fourth-order valence-electron chi connectivity index (χ4n) is 2.24. The maximum absolute atomic E-state index is 12.4. The van der Waals surface area contributed by atoms with E-state index in [-0.39, 0.29) is 11.2 Å². The molecule has 5 nitrogen and oxygen atoms in total.